The lowest BCUT2D eigenvalue weighted by atomic mass is 9.95. The van der Waals surface area contributed by atoms with Crippen LogP contribution in [0.5, 0.6) is 0 Å². The second-order valence-corrected chi connectivity index (χ2v) is 6.33. The van der Waals surface area contributed by atoms with Crippen molar-refractivity contribution in [1.29, 1.82) is 0 Å². The van der Waals surface area contributed by atoms with Gasteiger partial charge in [0.25, 0.3) is 5.91 Å². The number of hydrogen-bond donors (Lipinski definition) is 2. The molecule has 2 fully saturated rings. The van der Waals surface area contributed by atoms with Gasteiger partial charge < -0.3 is 15.3 Å². The molecule has 3 amide bonds. The molecule has 0 bridgehead atoms. The van der Waals surface area contributed by atoms with Crippen LogP contribution in [0, 0.1) is 5.92 Å². The van der Waals surface area contributed by atoms with Crippen LogP contribution in [0.15, 0.2) is 0 Å². The normalized spacial score (nSPS) is 26.9. The molecule has 0 aromatic rings. The summed E-state index contributed by atoms with van der Waals surface area (Å²) < 4.78 is 0. The lowest BCUT2D eigenvalue weighted by Crippen LogP contribution is -2.44. The molecular formula is C14H25N3O3. The number of rotatable bonds is 5. The highest BCUT2D eigenvalue weighted by molar-refractivity contribution is 6.06. The van der Waals surface area contributed by atoms with Gasteiger partial charge in [-0.25, -0.2) is 4.79 Å². The monoisotopic (exact) mass is 283 g/mol. The molecule has 0 spiro atoms. The van der Waals surface area contributed by atoms with E-state index >= 15 is 0 Å². The van der Waals surface area contributed by atoms with Crippen molar-refractivity contribution in [2.45, 2.75) is 38.6 Å². The van der Waals surface area contributed by atoms with Crippen LogP contribution in [0.2, 0.25) is 0 Å². The van der Waals surface area contributed by atoms with E-state index in [-0.39, 0.29) is 18.5 Å². The van der Waals surface area contributed by atoms with E-state index in [1.807, 2.05) is 0 Å². The van der Waals surface area contributed by atoms with E-state index in [0.717, 1.165) is 38.9 Å². The van der Waals surface area contributed by atoms with Crippen LogP contribution in [0.3, 0.4) is 0 Å². The molecule has 2 aliphatic heterocycles. The van der Waals surface area contributed by atoms with Gasteiger partial charge in [-0.15, -0.1) is 0 Å². The number of aliphatic hydroxyl groups is 1. The van der Waals surface area contributed by atoms with Crippen LogP contribution in [-0.4, -0.2) is 65.2 Å². The second kappa shape index (κ2) is 6.10. The lowest BCUT2D eigenvalue weighted by molar-refractivity contribution is -0.130. The van der Waals surface area contributed by atoms with Crippen molar-refractivity contribution in [2.24, 2.45) is 5.92 Å². The predicted octanol–water partition coefficient (Wildman–Crippen LogP) is 0.411. The number of carbonyl (C=O) groups is 2. The van der Waals surface area contributed by atoms with Gasteiger partial charge >= 0.3 is 6.03 Å². The lowest BCUT2D eigenvalue weighted by Gasteiger charge is -2.33. The van der Waals surface area contributed by atoms with Crippen molar-refractivity contribution >= 4 is 11.9 Å². The van der Waals surface area contributed by atoms with E-state index < -0.39 is 5.54 Å². The molecule has 6 nitrogen and oxygen atoms in total. The smallest absolute Gasteiger partial charge is 0.325 e. The summed E-state index contributed by atoms with van der Waals surface area (Å²) in [5.74, 6) is 0.389. The molecule has 114 valence electrons. The molecule has 6 heteroatoms. The number of piperidine rings is 1. The Balaban J connectivity index is 1.83. The SMILES string of the molecule is CC1(C)NC(=O)N(CCN2CCCC(CCO)C2)C1=O. The first kappa shape index (κ1) is 15.3. The number of urea groups is 1. The molecule has 0 aromatic heterocycles. The number of imide groups is 1. The number of nitrogens with zero attached hydrogens (tertiary/aromatic N) is 2. The molecule has 2 aliphatic rings. The average molecular weight is 283 g/mol. The van der Waals surface area contributed by atoms with Crippen LogP contribution >= 0.6 is 0 Å². The third-order valence-electron chi connectivity index (χ3n) is 4.22. The Kier molecular flexibility index (Phi) is 4.65. The summed E-state index contributed by atoms with van der Waals surface area (Å²) in [6.07, 6.45) is 3.12. The maximum Gasteiger partial charge on any atom is 0.325 e. The van der Waals surface area contributed by atoms with E-state index in [0.29, 0.717) is 12.5 Å². The highest BCUT2D eigenvalue weighted by Crippen LogP contribution is 2.20. The molecule has 2 heterocycles. The van der Waals surface area contributed by atoms with Gasteiger partial charge in [-0.05, 0) is 45.6 Å². The minimum absolute atomic E-state index is 0.147. The average Bonchev–Trinajstić information content (AvgIpc) is 2.57. The molecule has 20 heavy (non-hydrogen) atoms. The Morgan fingerprint density at radius 3 is 2.70 bits per heavy atom. The van der Waals surface area contributed by atoms with Crippen LogP contribution in [0.4, 0.5) is 4.79 Å². The fraction of sp³-hybridized carbons (Fsp3) is 0.857. The van der Waals surface area contributed by atoms with Crippen molar-refractivity contribution in [3.8, 4) is 0 Å². The first-order valence-electron chi connectivity index (χ1n) is 7.41. The maximum absolute atomic E-state index is 12.1. The molecule has 2 N–H and O–H groups in total. The van der Waals surface area contributed by atoms with Gasteiger partial charge in [0, 0.05) is 26.2 Å². The highest BCUT2D eigenvalue weighted by Gasteiger charge is 2.44. The number of likely N-dealkylation sites (tertiary alicyclic amines) is 1. The second-order valence-electron chi connectivity index (χ2n) is 6.33. The van der Waals surface area contributed by atoms with Crippen LogP contribution in [-0.2, 0) is 4.79 Å². The van der Waals surface area contributed by atoms with Gasteiger partial charge in [-0.1, -0.05) is 0 Å². The third kappa shape index (κ3) is 3.30. The Morgan fingerprint density at radius 2 is 2.10 bits per heavy atom. The largest absolute Gasteiger partial charge is 0.396 e. The molecule has 0 radical (unpaired) electrons. The number of aliphatic hydroxyl groups excluding tert-OH is 1. The standard InChI is InChI=1S/C14H25N3O3/c1-14(2)12(19)17(13(20)15-14)8-7-16-6-3-4-11(10-16)5-9-18/h11,18H,3-10H2,1-2H3,(H,15,20). The van der Waals surface area contributed by atoms with Crippen molar-refractivity contribution in [1.82, 2.24) is 15.1 Å². The zero-order valence-corrected chi connectivity index (χ0v) is 12.4. The van der Waals surface area contributed by atoms with Gasteiger partial charge in [0.2, 0.25) is 0 Å². The van der Waals surface area contributed by atoms with Gasteiger partial charge in [0.05, 0.1) is 0 Å². The molecule has 0 aromatic carbocycles. The topological polar surface area (TPSA) is 72.9 Å². The Labute approximate surface area is 120 Å². The van der Waals surface area contributed by atoms with Gasteiger partial charge in [0.1, 0.15) is 5.54 Å². The van der Waals surface area contributed by atoms with Crippen molar-refractivity contribution < 1.29 is 14.7 Å². The molecule has 1 atom stereocenters. The number of nitrogens with one attached hydrogen (secondary N) is 1. The predicted molar refractivity (Wildman–Crippen MR) is 75.2 cm³/mol. The Bertz CT molecular complexity index is 382. The molecular weight excluding hydrogens is 258 g/mol. The number of amides is 3. The third-order valence-corrected chi connectivity index (χ3v) is 4.22. The first-order valence-corrected chi connectivity index (χ1v) is 7.41. The summed E-state index contributed by atoms with van der Waals surface area (Å²) in [6.45, 7) is 6.82. The minimum atomic E-state index is -0.779. The van der Waals surface area contributed by atoms with Crippen LogP contribution < -0.4 is 5.32 Å². The van der Waals surface area contributed by atoms with Gasteiger partial charge in [-0.3, -0.25) is 9.69 Å². The Morgan fingerprint density at radius 1 is 1.35 bits per heavy atom. The maximum atomic E-state index is 12.1. The molecule has 2 rings (SSSR count). The quantitative estimate of drug-likeness (QED) is 0.717. The van der Waals surface area contributed by atoms with Crippen molar-refractivity contribution in [3.05, 3.63) is 0 Å². The first-order chi connectivity index (χ1) is 9.44. The van der Waals surface area contributed by atoms with Crippen LogP contribution in [0.25, 0.3) is 0 Å². The van der Waals surface area contributed by atoms with Gasteiger partial charge in [-0.2, -0.15) is 0 Å². The fourth-order valence-electron chi connectivity index (χ4n) is 3.03. The van der Waals surface area contributed by atoms with Crippen LogP contribution in [0.1, 0.15) is 33.1 Å². The summed E-state index contributed by atoms with van der Waals surface area (Å²) >= 11 is 0. The summed E-state index contributed by atoms with van der Waals surface area (Å²) in [5.41, 5.74) is -0.779. The summed E-state index contributed by atoms with van der Waals surface area (Å²) in [4.78, 5) is 27.5. The zero-order chi connectivity index (χ0) is 14.8. The van der Waals surface area contributed by atoms with E-state index in [2.05, 4.69) is 10.2 Å². The van der Waals surface area contributed by atoms with Crippen molar-refractivity contribution in [2.75, 3.05) is 32.8 Å². The van der Waals surface area contributed by atoms with Crippen molar-refractivity contribution in [3.63, 3.8) is 0 Å². The molecule has 2 saturated heterocycles. The summed E-state index contributed by atoms with van der Waals surface area (Å²) in [7, 11) is 0. The summed E-state index contributed by atoms with van der Waals surface area (Å²) in [6, 6.07) is -0.288. The molecule has 1 unspecified atom stereocenters. The molecule has 0 saturated carbocycles. The van der Waals surface area contributed by atoms with E-state index in [1.165, 1.54) is 4.90 Å². The minimum Gasteiger partial charge on any atom is -0.396 e. The number of hydrogen-bond acceptors (Lipinski definition) is 4. The molecule has 0 aliphatic carbocycles. The van der Waals surface area contributed by atoms with E-state index in [9.17, 15) is 9.59 Å². The number of carbonyl (C=O) groups excluding carboxylic acids is 2. The zero-order valence-electron chi connectivity index (χ0n) is 12.4. The Hall–Kier alpha value is -1.14. The van der Waals surface area contributed by atoms with E-state index in [1.54, 1.807) is 13.8 Å². The fourth-order valence-corrected chi connectivity index (χ4v) is 3.03. The van der Waals surface area contributed by atoms with Gasteiger partial charge in [0.15, 0.2) is 0 Å². The summed E-state index contributed by atoms with van der Waals surface area (Å²) in [5, 5.41) is 11.7. The van der Waals surface area contributed by atoms with E-state index in [4.69, 9.17) is 5.11 Å². The highest BCUT2D eigenvalue weighted by atomic mass is 16.3.